The van der Waals surface area contributed by atoms with E-state index in [1.165, 1.54) is 13.5 Å². The Hall–Kier alpha value is -2.81. The molecule has 0 unspecified atom stereocenters. The summed E-state index contributed by atoms with van der Waals surface area (Å²) in [7, 11) is 1.45. The zero-order chi connectivity index (χ0) is 18.7. The van der Waals surface area contributed by atoms with Crippen molar-refractivity contribution < 1.29 is 14.0 Å². The van der Waals surface area contributed by atoms with Crippen molar-refractivity contribution in [3.63, 3.8) is 0 Å². The Morgan fingerprint density at radius 1 is 1.31 bits per heavy atom. The molecular formula is C20H23N3O3. The third-order valence-electron chi connectivity index (χ3n) is 5.28. The highest BCUT2D eigenvalue weighted by atomic mass is 16.3. The third kappa shape index (κ3) is 3.43. The molecule has 3 rings (SSSR count). The van der Waals surface area contributed by atoms with E-state index in [2.05, 4.69) is 0 Å². The van der Waals surface area contributed by atoms with Crippen molar-refractivity contribution >= 4 is 22.8 Å². The Morgan fingerprint density at radius 2 is 2.00 bits per heavy atom. The molecule has 26 heavy (non-hydrogen) atoms. The van der Waals surface area contributed by atoms with Crippen LogP contribution in [0.25, 0.3) is 11.0 Å². The van der Waals surface area contributed by atoms with E-state index in [4.69, 9.17) is 10.2 Å². The van der Waals surface area contributed by atoms with Crippen LogP contribution in [0.2, 0.25) is 0 Å². The zero-order valence-electron chi connectivity index (χ0n) is 14.9. The molecule has 1 heterocycles. The molecule has 2 amide bonds. The molecule has 6 nitrogen and oxygen atoms in total. The van der Waals surface area contributed by atoms with Gasteiger partial charge in [0.05, 0.1) is 5.92 Å². The molecule has 0 bridgehead atoms. The van der Waals surface area contributed by atoms with E-state index in [9.17, 15) is 14.9 Å². The average molecular weight is 353 g/mol. The Kier molecular flexibility index (Phi) is 5.27. The number of nitrogens with zero attached hydrogens (tertiary/aromatic N) is 2. The molecule has 136 valence electrons. The number of carbonyl (C=O) groups excluding carboxylic acids is 2. The van der Waals surface area contributed by atoms with E-state index in [0.717, 1.165) is 30.6 Å². The van der Waals surface area contributed by atoms with Gasteiger partial charge in [0.15, 0.2) is 12.0 Å². The number of rotatable bonds is 5. The Morgan fingerprint density at radius 3 is 2.65 bits per heavy atom. The largest absolute Gasteiger partial charge is 0.451 e. The van der Waals surface area contributed by atoms with Crippen molar-refractivity contribution in [2.24, 2.45) is 11.7 Å². The maximum atomic E-state index is 13.0. The Balaban J connectivity index is 2.10. The average Bonchev–Trinajstić information content (AvgIpc) is 3.05. The molecule has 1 fully saturated rings. The summed E-state index contributed by atoms with van der Waals surface area (Å²) in [6.45, 7) is 0. The number of benzene rings is 1. The van der Waals surface area contributed by atoms with Crippen LogP contribution in [0.15, 0.2) is 28.7 Å². The van der Waals surface area contributed by atoms with Gasteiger partial charge < -0.3 is 10.2 Å². The number of nitriles is 1. The van der Waals surface area contributed by atoms with Gasteiger partial charge in [-0.25, -0.2) is 0 Å². The maximum Gasteiger partial charge on any atom is 0.284 e. The van der Waals surface area contributed by atoms with Crippen LogP contribution in [-0.2, 0) is 4.79 Å². The number of hydrogen-bond donors (Lipinski definition) is 1. The highest BCUT2D eigenvalue weighted by Gasteiger charge is 2.34. The predicted octanol–water partition coefficient (Wildman–Crippen LogP) is 3.53. The summed E-state index contributed by atoms with van der Waals surface area (Å²) < 4.78 is 5.67. The van der Waals surface area contributed by atoms with E-state index < -0.39 is 11.8 Å². The lowest BCUT2D eigenvalue weighted by atomic mass is 9.79. The molecule has 0 radical (unpaired) electrons. The second-order valence-corrected chi connectivity index (χ2v) is 6.99. The molecule has 0 aliphatic heterocycles. The first-order valence-corrected chi connectivity index (χ1v) is 9.01. The van der Waals surface area contributed by atoms with Crippen molar-refractivity contribution in [3.05, 3.63) is 35.6 Å². The quantitative estimate of drug-likeness (QED) is 0.656. The minimum atomic E-state index is -0.697. The van der Waals surface area contributed by atoms with Crippen LogP contribution in [0.4, 0.5) is 0 Å². The number of amides is 2. The fraction of sp³-hybridized carbons (Fsp3) is 0.450. The van der Waals surface area contributed by atoms with Crippen LogP contribution >= 0.6 is 0 Å². The minimum Gasteiger partial charge on any atom is -0.451 e. The van der Waals surface area contributed by atoms with E-state index in [-0.39, 0.29) is 11.7 Å². The molecule has 2 N–H and O–H groups in total. The molecule has 1 aliphatic carbocycles. The summed E-state index contributed by atoms with van der Waals surface area (Å²) in [5.74, 6) is -1.23. The smallest absolute Gasteiger partial charge is 0.284 e. The maximum absolute atomic E-state index is 13.0. The lowest BCUT2D eigenvalue weighted by Crippen LogP contribution is -2.31. The van der Waals surface area contributed by atoms with Gasteiger partial charge in [0.1, 0.15) is 5.58 Å². The monoisotopic (exact) mass is 353 g/mol. The van der Waals surface area contributed by atoms with Crippen LogP contribution < -0.4 is 5.73 Å². The standard InChI is InChI=1S/C20H23N3O3/c1-23(12-21)20(25)15(11-13-7-3-2-4-8-13)17-14-9-5-6-10-16(14)26-18(17)19(22)24/h5-6,9-10,13,15H,2-4,7-8,11H2,1H3,(H2,22,24)/t15-/m0/s1. The molecule has 1 atom stereocenters. The van der Waals surface area contributed by atoms with Crippen LogP contribution in [0.5, 0.6) is 0 Å². The topological polar surface area (TPSA) is 100 Å². The normalized spacial score (nSPS) is 16.2. The molecule has 0 spiro atoms. The van der Waals surface area contributed by atoms with Gasteiger partial charge in [-0.2, -0.15) is 5.26 Å². The van der Waals surface area contributed by atoms with Gasteiger partial charge in [0.25, 0.3) is 5.91 Å². The SMILES string of the molecule is CN(C#N)C(=O)[C@@H](CC1CCCCC1)c1c(C(N)=O)oc2ccccc12. The summed E-state index contributed by atoms with van der Waals surface area (Å²) >= 11 is 0. The number of primary amides is 1. The summed E-state index contributed by atoms with van der Waals surface area (Å²) in [4.78, 5) is 26.0. The van der Waals surface area contributed by atoms with Crippen molar-refractivity contribution in [1.29, 1.82) is 5.26 Å². The van der Waals surface area contributed by atoms with Gasteiger partial charge in [0, 0.05) is 18.0 Å². The molecule has 1 aromatic carbocycles. The molecule has 1 aromatic heterocycles. The van der Waals surface area contributed by atoms with E-state index in [1.807, 2.05) is 18.3 Å². The second-order valence-electron chi connectivity index (χ2n) is 6.99. The highest BCUT2D eigenvalue weighted by molar-refractivity contribution is 6.02. The minimum absolute atomic E-state index is 0.0201. The van der Waals surface area contributed by atoms with Gasteiger partial charge >= 0.3 is 0 Å². The van der Waals surface area contributed by atoms with Gasteiger partial charge in [-0.3, -0.25) is 14.5 Å². The van der Waals surface area contributed by atoms with Gasteiger partial charge in [-0.15, -0.1) is 0 Å². The lowest BCUT2D eigenvalue weighted by molar-refractivity contribution is -0.129. The first kappa shape index (κ1) is 18.0. The molecule has 1 saturated carbocycles. The first-order chi connectivity index (χ1) is 12.5. The van der Waals surface area contributed by atoms with Crippen LogP contribution in [-0.4, -0.2) is 23.8 Å². The number of hydrogen-bond acceptors (Lipinski definition) is 4. The number of carbonyl (C=O) groups is 2. The fourth-order valence-corrected chi connectivity index (χ4v) is 3.98. The highest BCUT2D eigenvalue weighted by Crippen LogP contribution is 2.39. The summed E-state index contributed by atoms with van der Waals surface area (Å²) in [5.41, 5.74) is 6.58. The predicted molar refractivity (Wildman–Crippen MR) is 97.0 cm³/mol. The zero-order valence-corrected chi connectivity index (χ0v) is 14.9. The number of furan rings is 1. The van der Waals surface area contributed by atoms with Crippen LogP contribution in [0.3, 0.4) is 0 Å². The third-order valence-corrected chi connectivity index (χ3v) is 5.28. The Bertz CT molecular complexity index is 859. The number of nitrogens with two attached hydrogens (primary N) is 1. The van der Waals surface area contributed by atoms with Crippen molar-refractivity contribution in [3.8, 4) is 6.19 Å². The lowest BCUT2D eigenvalue weighted by Gasteiger charge is -2.27. The summed E-state index contributed by atoms with van der Waals surface area (Å²) in [5, 5.41) is 9.90. The molecule has 6 heteroatoms. The number of para-hydroxylation sites is 1. The first-order valence-electron chi connectivity index (χ1n) is 9.01. The molecule has 2 aromatic rings. The number of likely N-dealkylation sites (N-methyl/N-ethyl adjacent to an activating group) is 1. The summed E-state index contributed by atoms with van der Waals surface area (Å²) in [6, 6.07) is 7.22. The van der Waals surface area contributed by atoms with Crippen LogP contribution in [0, 0.1) is 17.4 Å². The molecule has 0 saturated heterocycles. The van der Waals surface area contributed by atoms with E-state index in [0.29, 0.717) is 28.9 Å². The number of fused-ring (bicyclic) bond motifs is 1. The van der Waals surface area contributed by atoms with Gasteiger partial charge in [-0.05, 0) is 18.4 Å². The van der Waals surface area contributed by atoms with Gasteiger partial charge in [-0.1, -0.05) is 50.3 Å². The van der Waals surface area contributed by atoms with Crippen molar-refractivity contribution in [2.75, 3.05) is 7.05 Å². The van der Waals surface area contributed by atoms with Crippen molar-refractivity contribution in [2.45, 2.75) is 44.4 Å². The molecular weight excluding hydrogens is 330 g/mol. The fourth-order valence-electron chi connectivity index (χ4n) is 3.98. The molecule has 1 aliphatic rings. The Labute approximate surface area is 152 Å². The van der Waals surface area contributed by atoms with Gasteiger partial charge in [0.2, 0.25) is 5.91 Å². The van der Waals surface area contributed by atoms with Crippen LogP contribution in [0.1, 0.15) is 60.6 Å². The van der Waals surface area contributed by atoms with E-state index in [1.54, 1.807) is 12.1 Å². The second kappa shape index (κ2) is 7.61. The van der Waals surface area contributed by atoms with E-state index >= 15 is 0 Å². The summed E-state index contributed by atoms with van der Waals surface area (Å²) in [6.07, 6.45) is 8.10. The van der Waals surface area contributed by atoms with Crippen molar-refractivity contribution in [1.82, 2.24) is 4.90 Å².